The number of ether oxygens (including phenoxy) is 1. The third-order valence-corrected chi connectivity index (χ3v) is 5.98. The van der Waals surface area contributed by atoms with E-state index in [0.29, 0.717) is 12.3 Å². The number of aryl methyl sites for hydroxylation is 2. The number of carbonyl (C=O) groups is 1. The maximum Gasteiger partial charge on any atom is 0.316 e. The Morgan fingerprint density at radius 2 is 1.61 bits per heavy atom. The summed E-state index contributed by atoms with van der Waals surface area (Å²) in [6.45, 7) is 4.08. The van der Waals surface area contributed by atoms with Crippen molar-refractivity contribution in [1.29, 1.82) is 0 Å². The van der Waals surface area contributed by atoms with E-state index < -0.39 is 0 Å². The summed E-state index contributed by atoms with van der Waals surface area (Å²) in [5.41, 5.74) is 6.17. The predicted molar refractivity (Wildman–Crippen MR) is 121 cm³/mol. The molecule has 0 amide bonds. The second-order valence-electron chi connectivity index (χ2n) is 8.16. The molecule has 0 aliphatic carbocycles. The van der Waals surface area contributed by atoms with Crippen molar-refractivity contribution >= 4 is 5.97 Å². The van der Waals surface area contributed by atoms with Crippen LogP contribution in [0.25, 0.3) is 5.69 Å². The highest BCUT2D eigenvalue weighted by Crippen LogP contribution is 2.45. The molecule has 0 spiro atoms. The lowest BCUT2D eigenvalue weighted by atomic mass is 9.76. The quantitative estimate of drug-likeness (QED) is 0.425. The number of fused-ring (bicyclic) bond motifs is 1. The Bertz CT molecular complexity index is 1230. The maximum atomic E-state index is 13.4. The smallest absolute Gasteiger partial charge is 0.316 e. The fraction of sp³-hybridized carbons (Fsp3) is 0.185. The van der Waals surface area contributed by atoms with Gasteiger partial charge in [-0.15, -0.1) is 0 Å². The normalized spacial score (nSPS) is 17.8. The van der Waals surface area contributed by atoms with Crippen LogP contribution in [-0.2, 0) is 11.2 Å². The first-order chi connectivity index (χ1) is 15.1. The van der Waals surface area contributed by atoms with Crippen molar-refractivity contribution in [3.63, 3.8) is 0 Å². The Kier molecular flexibility index (Phi) is 4.91. The Balaban J connectivity index is 1.68. The van der Waals surface area contributed by atoms with Crippen LogP contribution in [-0.4, -0.2) is 15.7 Å². The van der Waals surface area contributed by atoms with Gasteiger partial charge in [0.25, 0.3) is 0 Å². The summed E-state index contributed by atoms with van der Waals surface area (Å²) in [5, 5.41) is 4.78. The summed E-state index contributed by atoms with van der Waals surface area (Å²) >= 11 is 0. The van der Waals surface area contributed by atoms with Crippen LogP contribution in [0.3, 0.4) is 0 Å². The number of hydrogen-bond acceptors (Lipinski definition) is 3. The van der Waals surface area contributed by atoms with Gasteiger partial charge in [-0.25, -0.2) is 4.68 Å². The Labute approximate surface area is 182 Å². The summed E-state index contributed by atoms with van der Waals surface area (Å²) in [4.78, 5) is 13.4. The summed E-state index contributed by atoms with van der Waals surface area (Å²) in [7, 11) is 0. The molecule has 1 aliphatic rings. The third-order valence-electron chi connectivity index (χ3n) is 5.98. The first-order valence-corrected chi connectivity index (χ1v) is 10.6. The molecule has 154 valence electrons. The molecule has 5 rings (SSSR count). The van der Waals surface area contributed by atoms with Crippen LogP contribution in [0.1, 0.15) is 33.9 Å². The van der Waals surface area contributed by atoms with Crippen molar-refractivity contribution in [2.24, 2.45) is 5.92 Å². The van der Waals surface area contributed by atoms with Crippen LogP contribution in [0.5, 0.6) is 5.88 Å². The number of benzene rings is 3. The number of hydrogen-bond donors (Lipinski definition) is 0. The molecule has 0 bridgehead atoms. The highest BCUT2D eigenvalue weighted by atomic mass is 16.5. The van der Waals surface area contributed by atoms with Gasteiger partial charge >= 0.3 is 5.97 Å². The van der Waals surface area contributed by atoms with Crippen molar-refractivity contribution in [3.8, 4) is 11.6 Å². The molecule has 0 fully saturated rings. The molecule has 0 radical (unpaired) electrons. The van der Waals surface area contributed by atoms with Gasteiger partial charge in [0.2, 0.25) is 5.88 Å². The zero-order valence-electron chi connectivity index (χ0n) is 17.7. The molecule has 0 saturated carbocycles. The molecule has 1 aliphatic heterocycles. The van der Waals surface area contributed by atoms with E-state index in [0.717, 1.165) is 28.1 Å². The summed E-state index contributed by atoms with van der Waals surface area (Å²) in [5.74, 6) is -0.109. The molecular formula is C27H24N2O2. The molecule has 2 atom stereocenters. The largest absolute Gasteiger partial charge is 0.407 e. The van der Waals surface area contributed by atoms with Crippen LogP contribution in [0, 0.1) is 19.8 Å². The Morgan fingerprint density at radius 3 is 2.32 bits per heavy atom. The number of carbonyl (C=O) groups excluding carboxylic acids is 1. The average Bonchev–Trinajstić information content (AvgIpc) is 3.11. The lowest BCUT2D eigenvalue weighted by molar-refractivity contribution is -0.141. The molecule has 0 N–H and O–H groups in total. The van der Waals surface area contributed by atoms with E-state index in [9.17, 15) is 4.79 Å². The summed E-state index contributed by atoms with van der Waals surface area (Å²) in [6.07, 6.45) is 0.619. The standard InChI is InChI=1S/C27H24N2O2/c1-18-10-9-13-21(16-18)25-23(17-20-11-5-3-6-12-20)27(30)31-26-24(25)19(2)28-29(26)22-14-7-4-8-15-22/h3-16,23,25H,17H2,1-2H3/t23-,25+/m0/s1. The lowest BCUT2D eigenvalue weighted by Crippen LogP contribution is -2.34. The van der Waals surface area contributed by atoms with E-state index in [-0.39, 0.29) is 17.8 Å². The third kappa shape index (κ3) is 3.55. The van der Waals surface area contributed by atoms with Gasteiger partial charge in [0, 0.05) is 11.5 Å². The van der Waals surface area contributed by atoms with Crippen molar-refractivity contribution in [1.82, 2.24) is 9.78 Å². The van der Waals surface area contributed by atoms with Crippen LogP contribution >= 0.6 is 0 Å². The topological polar surface area (TPSA) is 44.1 Å². The van der Waals surface area contributed by atoms with E-state index in [4.69, 9.17) is 9.84 Å². The average molecular weight is 409 g/mol. The number of aromatic nitrogens is 2. The second kappa shape index (κ2) is 7.88. The minimum atomic E-state index is -0.316. The SMILES string of the molecule is Cc1cccc([C@H]2c3c(C)nn(-c4ccccc4)c3OC(=O)[C@H]2Cc2ccccc2)c1. The highest BCUT2D eigenvalue weighted by Gasteiger charge is 2.42. The zero-order chi connectivity index (χ0) is 21.4. The fourth-order valence-corrected chi connectivity index (χ4v) is 4.56. The van der Waals surface area contributed by atoms with Gasteiger partial charge < -0.3 is 4.74 Å². The molecule has 4 heteroatoms. The van der Waals surface area contributed by atoms with Gasteiger partial charge in [0.15, 0.2) is 0 Å². The Morgan fingerprint density at radius 1 is 0.903 bits per heavy atom. The summed E-state index contributed by atoms with van der Waals surface area (Å²) in [6, 6.07) is 28.4. The van der Waals surface area contributed by atoms with E-state index in [1.807, 2.05) is 55.5 Å². The van der Waals surface area contributed by atoms with Crippen LogP contribution in [0.15, 0.2) is 84.9 Å². The number of esters is 1. The first-order valence-electron chi connectivity index (χ1n) is 10.6. The summed E-state index contributed by atoms with van der Waals surface area (Å²) < 4.78 is 7.72. The number of para-hydroxylation sites is 1. The van der Waals surface area contributed by atoms with Gasteiger partial charge in [-0.1, -0.05) is 78.4 Å². The highest BCUT2D eigenvalue weighted by molar-refractivity contribution is 5.81. The lowest BCUT2D eigenvalue weighted by Gasteiger charge is -2.31. The van der Waals surface area contributed by atoms with Crippen molar-refractivity contribution in [2.75, 3.05) is 0 Å². The molecule has 3 aromatic carbocycles. The molecular weight excluding hydrogens is 384 g/mol. The van der Waals surface area contributed by atoms with Crippen LogP contribution < -0.4 is 4.74 Å². The molecule has 0 unspecified atom stereocenters. The molecule has 4 aromatic rings. The van der Waals surface area contributed by atoms with Crippen LogP contribution in [0.2, 0.25) is 0 Å². The van der Waals surface area contributed by atoms with Crippen molar-refractivity contribution < 1.29 is 9.53 Å². The Hall–Kier alpha value is -3.66. The first kappa shape index (κ1) is 19.3. The second-order valence-corrected chi connectivity index (χ2v) is 8.16. The number of nitrogens with zero attached hydrogens (tertiary/aromatic N) is 2. The van der Waals surface area contributed by atoms with E-state index >= 15 is 0 Å². The van der Waals surface area contributed by atoms with Gasteiger partial charge in [-0.2, -0.15) is 5.10 Å². The van der Waals surface area contributed by atoms with Gasteiger partial charge in [0.1, 0.15) is 0 Å². The van der Waals surface area contributed by atoms with E-state index in [1.165, 1.54) is 5.56 Å². The van der Waals surface area contributed by atoms with Crippen molar-refractivity contribution in [3.05, 3.63) is 113 Å². The molecule has 31 heavy (non-hydrogen) atoms. The minimum absolute atomic E-state index is 0.117. The predicted octanol–water partition coefficient (Wildman–Crippen LogP) is 5.40. The molecule has 4 nitrogen and oxygen atoms in total. The zero-order valence-corrected chi connectivity index (χ0v) is 17.7. The van der Waals surface area contributed by atoms with Crippen molar-refractivity contribution in [2.45, 2.75) is 26.2 Å². The van der Waals surface area contributed by atoms with Gasteiger partial charge in [-0.05, 0) is 43.5 Å². The fourth-order valence-electron chi connectivity index (χ4n) is 4.56. The van der Waals surface area contributed by atoms with Crippen LogP contribution in [0.4, 0.5) is 0 Å². The maximum absolute atomic E-state index is 13.4. The van der Waals surface area contributed by atoms with Gasteiger partial charge in [-0.3, -0.25) is 4.79 Å². The van der Waals surface area contributed by atoms with E-state index in [2.05, 4.69) is 43.3 Å². The minimum Gasteiger partial charge on any atom is -0.407 e. The van der Waals surface area contributed by atoms with Gasteiger partial charge in [0.05, 0.1) is 17.3 Å². The monoisotopic (exact) mass is 408 g/mol. The molecule has 1 aromatic heterocycles. The molecule has 0 saturated heterocycles. The molecule has 2 heterocycles. The van der Waals surface area contributed by atoms with E-state index in [1.54, 1.807) is 4.68 Å². The number of rotatable bonds is 4.